The van der Waals surface area contributed by atoms with Gasteiger partial charge in [-0.25, -0.2) is 12.7 Å². The summed E-state index contributed by atoms with van der Waals surface area (Å²) in [4.78, 5) is 0. The van der Waals surface area contributed by atoms with E-state index >= 15 is 0 Å². The summed E-state index contributed by atoms with van der Waals surface area (Å²) >= 11 is 0. The topological polar surface area (TPSA) is 49.4 Å². The number of nitrogens with zero attached hydrogens (tertiary/aromatic N) is 1. The molecule has 0 heterocycles. The molecule has 0 spiro atoms. The highest BCUT2D eigenvalue weighted by Gasteiger charge is 2.24. The van der Waals surface area contributed by atoms with Crippen LogP contribution in [0.3, 0.4) is 0 Å². The highest BCUT2D eigenvalue weighted by atomic mass is 32.2. The Morgan fingerprint density at radius 2 is 1.95 bits per heavy atom. The Bertz CT molecular complexity index is 356. The quantitative estimate of drug-likeness (QED) is 0.730. The SMILES string of the molecule is CCN(CCCNC1CC(C)CCC1C)S(C)(=O)=O. The van der Waals surface area contributed by atoms with Crippen molar-refractivity contribution in [2.24, 2.45) is 11.8 Å². The van der Waals surface area contributed by atoms with Crippen LogP contribution in [0.15, 0.2) is 0 Å². The van der Waals surface area contributed by atoms with Crippen LogP contribution in [-0.2, 0) is 10.0 Å². The van der Waals surface area contributed by atoms with Gasteiger partial charge in [0.15, 0.2) is 0 Å². The van der Waals surface area contributed by atoms with Crippen LogP contribution in [0.5, 0.6) is 0 Å². The number of hydrogen-bond donors (Lipinski definition) is 1. The lowest BCUT2D eigenvalue weighted by Crippen LogP contribution is -2.41. The second-order valence-electron chi connectivity index (χ2n) is 6.06. The van der Waals surface area contributed by atoms with Crippen molar-refractivity contribution in [3.63, 3.8) is 0 Å². The fraction of sp³-hybridized carbons (Fsp3) is 1.00. The summed E-state index contributed by atoms with van der Waals surface area (Å²) in [5.74, 6) is 1.56. The van der Waals surface area contributed by atoms with Gasteiger partial charge >= 0.3 is 0 Å². The third kappa shape index (κ3) is 5.79. The zero-order chi connectivity index (χ0) is 14.5. The van der Waals surface area contributed by atoms with Crippen LogP contribution in [0.4, 0.5) is 0 Å². The highest BCUT2D eigenvalue weighted by Crippen LogP contribution is 2.28. The van der Waals surface area contributed by atoms with Crippen molar-refractivity contribution in [1.82, 2.24) is 9.62 Å². The highest BCUT2D eigenvalue weighted by molar-refractivity contribution is 7.88. The average molecular weight is 290 g/mol. The Kier molecular flexibility index (Phi) is 6.77. The second kappa shape index (κ2) is 7.60. The van der Waals surface area contributed by atoms with E-state index in [1.807, 2.05) is 6.92 Å². The molecule has 114 valence electrons. The van der Waals surface area contributed by atoms with Crippen LogP contribution in [0.2, 0.25) is 0 Å². The number of rotatable bonds is 7. The van der Waals surface area contributed by atoms with Gasteiger partial charge < -0.3 is 5.32 Å². The molecular weight excluding hydrogens is 260 g/mol. The zero-order valence-electron chi connectivity index (χ0n) is 12.9. The first-order chi connectivity index (χ1) is 8.84. The van der Waals surface area contributed by atoms with Crippen LogP contribution in [0.1, 0.15) is 46.5 Å². The molecule has 0 radical (unpaired) electrons. The van der Waals surface area contributed by atoms with Gasteiger partial charge in [0.05, 0.1) is 6.26 Å². The van der Waals surface area contributed by atoms with Crippen molar-refractivity contribution in [1.29, 1.82) is 0 Å². The summed E-state index contributed by atoms with van der Waals surface area (Å²) in [6, 6.07) is 0.608. The predicted molar refractivity (Wildman–Crippen MR) is 80.7 cm³/mol. The van der Waals surface area contributed by atoms with Gasteiger partial charge in [-0.15, -0.1) is 0 Å². The molecular formula is C14H30N2O2S. The van der Waals surface area contributed by atoms with Gasteiger partial charge in [0.2, 0.25) is 10.0 Å². The molecule has 0 aromatic heterocycles. The van der Waals surface area contributed by atoms with Gasteiger partial charge in [0.25, 0.3) is 0 Å². The van der Waals surface area contributed by atoms with Crippen molar-refractivity contribution < 1.29 is 8.42 Å². The first kappa shape index (κ1) is 16.9. The Balaban J connectivity index is 2.26. The molecule has 0 aromatic rings. The van der Waals surface area contributed by atoms with Gasteiger partial charge in [0.1, 0.15) is 0 Å². The molecule has 5 heteroatoms. The molecule has 0 aromatic carbocycles. The van der Waals surface area contributed by atoms with Crippen molar-refractivity contribution in [2.45, 2.75) is 52.5 Å². The fourth-order valence-corrected chi connectivity index (χ4v) is 3.85. The third-order valence-electron chi connectivity index (χ3n) is 4.27. The van der Waals surface area contributed by atoms with Crippen LogP contribution < -0.4 is 5.32 Å². The maximum Gasteiger partial charge on any atom is 0.211 e. The summed E-state index contributed by atoms with van der Waals surface area (Å²) in [6.07, 6.45) is 6.08. The van der Waals surface area contributed by atoms with Crippen molar-refractivity contribution in [3.8, 4) is 0 Å². The van der Waals surface area contributed by atoms with E-state index in [0.717, 1.165) is 24.8 Å². The van der Waals surface area contributed by atoms with Crippen LogP contribution in [0.25, 0.3) is 0 Å². The molecule has 4 nitrogen and oxygen atoms in total. The predicted octanol–water partition coefficient (Wildman–Crippen LogP) is 2.07. The van der Waals surface area contributed by atoms with Gasteiger partial charge in [-0.1, -0.05) is 27.2 Å². The van der Waals surface area contributed by atoms with E-state index in [2.05, 4.69) is 19.2 Å². The first-order valence-corrected chi connectivity index (χ1v) is 9.38. The molecule has 0 bridgehead atoms. The van der Waals surface area contributed by atoms with E-state index in [9.17, 15) is 8.42 Å². The lowest BCUT2D eigenvalue weighted by Gasteiger charge is -2.33. The fourth-order valence-electron chi connectivity index (χ4n) is 2.92. The largest absolute Gasteiger partial charge is 0.314 e. The number of hydrogen-bond acceptors (Lipinski definition) is 3. The molecule has 3 unspecified atom stereocenters. The molecule has 19 heavy (non-hydrogen) atoms. The summed E-state index contributed by atoms with van der Waals surface area (Å²) in [5, 5.41) is 3.61. The first-order valence-electron chi connectivity index (χ1n) is 7.53. The lowest BCUT2D eigenvalue weighted by atomic mass is 9.80. The van der Waals surface area contributed by atoms with Gasteiger partial charge in [-0.3, -0.25) is 0 Å². The standard InChI is InChI=1S/C14H30N2O2S/c1-5-16(19(4,17)18)10-6-9-15-14-11-12(2)7-8-13(14)3/h12-15H,5-11H2,1-4H3. The van der Waals surface area contributed by atoms with Gasteiger partial charge in [-0.2, -0.15) is 0 Å². The van der Waals surface area contributed by atoms with Gasteiger partial charge in [0, 0.05) is 19.1 Å². The molecule has 1 saturated carbocycles. The third-order valence-corrected chi connectivity index (χ3v) is 5.65. The monoisotopic (exact) mass is 290 g/mol. The van der Waals surface area contributed by atoms with Gasteiger partial charge in [-0.05, 0) is 37.6 Å². The second-order valence-corrected chi connectivity index (χ2v) is 8.05. The van der Waals surface area contributed by atoms with E-state index in [1.165, 1.54) is 25.5 Å². The lowest BCUT2D eigenvalue weighted by molar-refractivity contribution is 0.227. The van der Waals surface area contributed by atoms with E-state index in [4.69, 9.17) is 0 Å². The molecule has 0 aliphatic heterocycles. The Labute approximate surface area is 119 Å². The summed E-state index contributed by atoms with van der Waals surface area (Å²) in [7, 11) is -3.03. The molecule has 1 N–H and O–H groups in total. The summed E-state index contributed by atoms with van der Waals surface area (Å²) in [6.45, 7) is 8.63. The molecule has 0 amide bonds. The minimum Gasteiger partial charge on any atom is -0.314 e. The Hall–Kier alpha value is -0.130. The summed E-state index contributed by atoms with van der Waals surface area (Å²) < 4.78 is 24.5. The van der Waals surface area contributed by atoms with E-state index in [0.29, 0.717) is 19.1 Å². The molecule has 1 rings (SSSR count). The molecule has 1 aliphatic rings. The normalized spacial score (nSPS) is 28.8. The molecule has 1 fully saturated rings. The Morgan fingerprint density at radius 1 is 1.26 bits per heavy atom. The summed E-state index contributed by atoms with van der Waals surface area (Å²) in [5.41, 5.74) is 0. The van der Waals surface area contributed by atoms with E-state index < -0.39 is 10.0 Å². The van der Waals surface area contributed by atoms with E-state index in [1.54, 1.807) is 4.31 Å². The minimum atomic E-state index is -3.03. The smallest absolute Gasteiger partial charge is 0.211 e. The minimum absolute atomic E-state index is 0.565. The van der Waals surface area contributed by atoms with Crippen molar-refractivity contribution >= 4 is 10.0 Å². The van der Waals surface area contributed by atoms with Crippen LogP contribution >= 0.6 is 0 Å². The van der Waals surface area contributed by atoms with Crippen molar-refractivity contribution in [2.75, 3.05) is 25.9 Å². The Morgan fingerprint density at radius 3 is 2.53 bits per heavy atom. The van der Waals surface area contributed by atoms with Crippen molar-refractivity contribution in [3.05, 3.63) is 0 Å². The van der Waals surface area contributed by atoms with Crippen LogP contribution in [-0.4, -0.2) is 44.7 Å². The van der Waals surface area contributed by atoms with E-state index in [-0.39, 0.29) is 0 Å². The average Bonchev–Trinajstić information content (AvgIpc) is 2.31. The number of nitrogens with one attached hydrogen (secondary N) is 1. The van der Waals surface area contributed by atoms with Crippen LogP contribution in [0, 0.1) is 11.8 Å². The molecule has 3 atom stereocenters. The zero-order valence-corrected chi connectivity index (χ0v) is 13.7. The molecule has 0 saturated heterocycles. The maximum atomic E-state index is 11.5. The molecule has 1 aliphatic carbocycles. The number of sulfonamides is 1. The maximum absolute atomic E-state index is 11.5.